The predicted molar refractivity (Wildman–Crippen MR) is 76.5 cm³/mol. The van der Waals surface area contributed by atoms with E-state index in [1.807, 2.05) is 25.1 Å². The molecule has 0 bridgehead atoms. The van der Waals surface area contributed by atoms with Crippen molar-refractivity contribution in [1.82, 2.24) is 5.32 Å². The van der Waals surface area contributed by atoms with Gasteiger partial charge in [-0.1, -0.05) is 31.5 Å². The Labute approximate surface area is 115 Å². The third-order valence-corrected chi connectivity index (χ3v) is 3.45. The van der Waals surface area contributed by atoms with Crippen molar-refractivity contribution in [3.05, 3.63) is 28.8 Å². The van der Waals surface area contributed by atoms with Crippen molar-refractivity contribution in [2.75, 3.05) is 13.2 Å². The van der Waals surface area contributed by atoms with E-state index in [-0.39, 0.29) is 5.41 Å². The zero-order chi connectivity index (χ0) is 13.2. The second-order valence-electron chi connectivity index (χ2n) is 6.04. The average molecular weight is 268 g/mol. The van der Waals surface area contributed by atoms with E-state index in [0.29, 0.717) is 11.6 Å². The Kier molecular flexibility index (Phi) is 4.18. The van der Waals surface area contributed by atoms with Crippen LogP contribution in [0.1, 0.15) is 32.3 Å². The molecular weight excluding hydrogens is 246 g/mol. The summed E-state index contributed by atoms with van der Waals surface area (Å²) in [5, 5.41) is 4.24. The first kappa shape index (κ1) is 13.7. The summed E-state index contributed by atoms with van der Waals surface area (Å²) in [5.74, 6) is 0.779. The molecule has 0 radical (unpaired) electrons. The molecule has 1 aliphatic carbocycles. The Bertz CT molecular complexity index is 413. The smallest absolute Gasteiger partial charge is 0.137 e. The van der Waals surface area contributed by atoms with Crippen molar-refractivity contribution in [2.24, 2.45) is 5.41 Å². The molecule has 100 valence electrons. The Morgan fingerprint density at radius 2 is 2.11 bits per heavy atom. The molecule has 1 N–H and O–H groups in total. The fourth-order valence-electron chi connectivity index (χ4n) is 1.76. The van der Waals surface area contributed by atoms with Gasteiger partial charge >= 0.3 is 0 Å². The van der Waals surface area contributed by atoms with Crippen LogP contribution in [0.5, 0.6) is 5.75 Å². The van der Waals surface area contributed by atoms with Crippen LogP contribution in [0, 0.1) is 12.3 Å². The van der Waals surface area contributed by atoms with Crippen LogP contribution in [0.25, 0.3) is 0 Å². The molecule has 1 aliphatic rings. The van der Waals surface area contributed by atoms with Crippen LogP contribution in [0.3, 0.4) is 0 Å². The highest BCUT2D eigenvalue weighted by Gasteiger charge is 2.25. The van der Waals surface area contributed by atoms with E-state index in [2.05, 4.69) is 19.2 Å². The van der Waals surface area contributed by atoms with Gasteiger partial charge in [0.2, 0.25) is 0 Å². The predicted octanol–water partition coefficient (Wildman–Crippen LogP) is 3.81. The molecule has 0 aromatic heterocycles. The fourth-order valence-corrected chi connectivity index (χ4v) is 2.04. The maximum Gasteiger partial charge on any atom is 0.137 e. The molecule has 2 nitrogen and oxygen atoms in total. The van der Waals surface area contributed by atoms with Crippen LogP contribution in [0.4, 0.5) is 0 Å². The van der Waals surface area contributed by atoms with Gasteiger partial charge in [-0.2, -0.15) is 0 Å². The molecule has 0 heterocycles. The first-order chi connectivity index (χ1) is 8.46. The van der Waals surface area contributed by atoms with Gasteiger partial charge in [-0.25, -0.2) is 0 Å². The highest BCUT2D eigenvalue weighted by atomic mass is 35.5. The lowest BCUT2D eigenvalue weighted by Crippen LogP contribution is -2.35. The lowest BCUT2D eigenvalue weighted by molar-refractivity contribution is 0.176. The zero-order valence-electron chi connectivity index (χ0n) is 11.4. The number of nitrogens with one attached hydrogen (secondary N) is 1. The maximum absolute atomic E-state index is 6.16. The van der Waals surface area contributed by atoms with Crippen LogP contribution in [0.15, 0.2) is 18.2 Å². The largest absolute Gasteiger partial charge is 0.491 e. The third kappa shape index (κ3) is 4.18. The van der Waals surface area contributed by atoms with Gasteiger partial charge in [0.15, 0.2) is 0 Å². The molecule has 0 spiro atoms. The maximum atomic E-state index is 6.16. The topological polar surface area (TPSA) is 21.3 Å². The second kappa shape index (κ2) is 5.50. The van der Waals surface area contributed by atoms with E-state index in [1.165, 1.54) is 12.8 Å². The van der Waals surface area contributed by atoms with Gasteiger partial charge in [-0.05, 0) is 37.5 Å². The number of hydrogen-bond acceptors (Lipinski definition) is 2. The molecule has 0 unspecified atom stereocenters. The summed E-state index contributed by atoms with van der Waals surface area (Å²) in [5.41, 5.74) is 1.28. The Hall–Kier alpha value is -0.730. The summed E-state index contributed by atoms with van der Waals surface area (Å²) in [7, 11) is 0. The van der Waals surface area contributed by atoms with Crippen molar-refractivity contribution in [3.8, 4) is 5.75 Å². The van der Waals surface area contributed by atoms with Crippen LogP contribution in [0.2, 0.25) is 5.02 Å². The molecular formula is C15H22ClNO. The van der Waals surface area contributed by atoms with E-state index in [1.54, 1.807) is 0 Å². The third-order valence-electron chi connectivity index (χ3n) is 3.15. The molecule has 0 aliphatic heterocycles. The molecule has 2 rings (SSSR count). The van der Waals surface area contributed by atoms with E-state index in [0.717, 1.165) is 23.9 Å². The van der Waals surface area contributed by atoms with E-state index in [4.69, 9.17) is 16.3 Å². The summed E-state index contributed by atoms with van der Waals surface area (Å²) in [6, 6.07) is 6.65. The van der Waals surface area contributed by atoms with E-state index in [9.17, 15) is 0 Å². The molecule has 0 saturated heterocycles. The normalized spacial score (nSPS) is 15.8. The van der Waals surface area contributed by atoms with Crippen LogP contribution in [-0.2, 0) is 0 Å². The minimum atomic E-state index is 0.122. The number of hydrogen-bond donors (Lipinski definition) is 1. The van der Waals surface area contributed by atoms with Crippen molar-refractivity contribution >= 4 is 11.6 Å². The van der Waals surface area contributed by atoms with Gasteiger partial charge in [0.05, 0.1) is 11.6 Å². The molecule has 1 aromatic carbocycles. The number of aryl methyl sites for hydroxylation is 1. The standard InChI is InChI=1S/C15H22ClNO/c1-11-4-7-14(13(16)8-11)18-10-15(2,3)9-17-12-5-6-12/h4,7-8,12,17H,5-6,9-10H2,1-3H3. The Morgan fingerprint density at radius 3 is 2.72 bits per heavy atom. The first-order valence-corrected chi connectivity index (χ1v) is 6.96. The molecule has 1 aromatic rings. The van der Waals surface area contributed by atoms with E-state index < -0.39 is 0 Å². The van der Waals surface area contributed by atoms with Gasteiger partial charge < -0.3 is 10.1 Å². The Balaban J connectivity index is 1.84. The Morgan fingerprint density at radius 1 is 1.39 bits per heavy atom. The van der Waals surface area contributed by atoms with Gasteiger partial charge in [0, 0.05) is 18.0 Å². The molecule has 1 fully saturated rings. The minimum Gasteiger partial charge on any atom is -0.491 e. The van der Waals surface area contributed by atoms with Gasteiger partial charge in [-0.3, -0.25) is 0 Å². The van der Waals surface area contributed by atoms with Crippen molar-refractivity contribution in [2.45, 2.75) is 39.7 Å². The van der Waals surface area contributed by atoms with Gasteiger partial charge in [-0.15, -0.1) is 0 Å². The molecule has 18 heavy (non-hydrogen) atoms. The number of halogens is 1. The van der Waals surface area contributed by atoms with Crippen LogP contribution in [-0.4, -0.2) is 19.2 Å². The van der Waals surface area contributed by atoms with Crippen molar-refractivity contribution in [1.29, 1.82) is 0 Å². The van der Waals surface area contributed by atoms with Gasteiger partial charge in [0.1, 0.15) is 5.75 Å². The van der Waals surface area contributed by atoms with Crippen LogP contribution < -0.4 is 10.1 Å². The summed E-state index contributed by atoms with van der Waals surface area (Å²) in [4.78, 5) is 0. The summed E-state index contributed by atoms with van der Waals surface area (Å²) < 4.78 is 5.84. The number of benzene rings is 1. The zero-order valence-corrected chi connectivity index (χ0v) is 12.2. The van der Waals surface area contributed by atoms with Gasteiger partial charge in [0.25, 0.3) is 0 Å². The second-order valence-corrected chi connectivity index (χ2v) is 6.45. The molecule has 0 amide bonds. The highest BCUT2D eigenvalue weighted by molar-refractivity contribution is 6.32. The van der Waals surface area contributed by atoms with Crippen LogP contribution >= 0.6 is 11.6 Å². The van der Waals surface area contributed by atoms with Crippen molar-refractivity contribution in [3.63, 3.8) is 0 Å². The molecule has 0 atom stereocenters. The number of ether oxygens (including phenoxy) is 1. The summed E-state index contributed by atoms with van der Waals surface area (Å²) in [6.07, 6.45) is 2.64. The highest BCUT2D eigenvalue weighted by Crippen LogP contribution is 2.27. The summed E-state index contributed by atoms with van der Waals surface area (Å²) in [6.45, 7) is 8.12. The SMILES string of the molecule is Cc1ccc(OCC(C)(C)CNC2CC2)c(Cl)c1. The van der Waals surface area contributed by atoms with Crippen molar-refractivity contribution < 1.29 is 4.74 Å². The first-order valence-electron chi connectivity index (χ1n) is 6.59. The molecule has 1 saturated carbocycles. The quantitative estimate of drug-likeness (QED) is 0.846. The minimum absolute atomic E-state index is 0.122. The monoisotopic (exact) mass is 267 g/mol. The summed E-state index contributed by atoms with van der Waals surface area (Å²) >= 11 is 6.16. The fraction of sp³-hybridized carbons (Fsp3) is 0.600. The van der Waals surface area contributed by atoms with E-state index >= 15 is 0 Å². The number of rotatable bonds is 6. The lowest BCUT2D eigenvalue weighted by Gasteiger charge is -2.25. The molecule has 3 heteroatoms. The lowest BCUT2D eigenvalue weighted by atomic mass is 9.95. The average Bonchev–Trinajstić information content (AvgIpc) is 3.09.